The van der Waals surface area contributed by atoms with Crippen LogP contribution in [0.2, 0.25) is 0 Å². The van der Waals surface area contributed by atoms with Crippen molar-refractivity contribution in [3.63, 3.8) is 0 Å². The summed E-state index contributed by atoms with van der Waals surface area (Å²) in [5.74, 6) is 0.708. The predicted octanol–water partition coefficient (Wildman–Crippen LogP) is 2.18. The Morgan fingerprint density at radius 3 is 2.86 bits per heavy atom. The van der Waals surface area contributed by atoms with E-state index in [0.717, 1.165) is 56.9 Å². The number of amides is 1. The number of ether oxygens (including phenoxy) is 1. The van der Waals surface area contributed by atoms with E-state index >= 15 is 0 Å². The average Bonchev–Trinajstić information content (AvgIpc) is 2.75. The van der Waals surface area contributed by atoms with Gasteiger partial charge in [0.1, 0.15) is 0 Å². The Kier molecular flexibility index (Phi) is 4.79. The smallest absolute Gasteiger partial charge is 0.254 e. The summed E-state index contributed by atoms with van der Waals surface area (Å²) in [5.41, 5.74) is 1.87. The topological polar surface area (TPSA) is 32.8 Å². The van der Waals surface area contributed by atoms with E-state index in [0.29, 0.717) is 5.92 Å². The number of rotatable bonds is 2. The molecule has 2 atom stereocenters. The number of fused-ring (bicyclic) bond motifs is 1. The Morgan fingerprint density at radius 1 is 1.27 bits per heavy atom. The number of hydrogen-bond acceptors (Lipinski definition) is 3. The van der Waals surface area contributed by atoms with E-state index in [2.05, 4.69) is 11.8 Å². The second-order valence-corrected chi connectivity index (χ2v) is 6.42. The average molecular weight is 302 g/mol. The van der Waals surface area contributed by atoms with E-state index in [9.17, 15) is 4.79 Å². The Bertz CT molecular complexity index is 532. The van der Waals surface area contributed by atoms with Gasteiger partial charge in [-0.15, -0.1) is 0 Å². The number of piperidine rings is 1. The Hall–Kier alpha value is -1.39. The van der Waals surface area contributed by atoms with Gasteiger partial charge in [0.25, 0.3) is 5.91 Å². The fourth-order valence-corrected chi connectivity index (χ4v) is 3.57. The van der Waals surface area contributed by atoms with Crippen LogP contribution in [0, 0.1) is 12.8 Å². The van der Waals surface area contributed by atoms with Gasteiger partial charge in [-0.3, -0.25) is 4.79 Å². The number of carbonyl (C=O) groups excluding carboxylic acids is 1. The predicted molar refractivity (Wildman–Crippen MR) is 87.0 cm³/mol. The number of likely N-dealkylation sites (N-methyl/N-ethyl adjacent to an activating group) is 1. The number of hydrogen-bond donors (Lipinski definition) is 0. The molecule has 1 amide bonds. The summed E-state index contributed by atoms with van der Waals surface area (Å²) >= 11 is 0. The van der Waals surface area contributed by atoms with Gasteiger partial charge in [-0.05, 0) is 31.5 Å². The highest BCUT2D eigenvalue weighted by Crippen LogP contribution is 2.25. The van der Waals surface area contributed by atoms with Crippen LogP contribution in [0.4, 0.5) is 0 Å². The van der Waals surface area contributed by atoms with Crippen LogP contribution in [-0.4, -0.2) is 61.1 Å². The van der Waals surface area contributed by atoms with Gasteiger partial charge >= 0.3 is 0 Å². The number of nitrogens with zero attached hydrogens (tertiary/aromatic N) is 2. The van der Waals surface area contributed by atoms with Gasteiger partial charge < -0.3 is 14.5 Å². The molecule has 2 saturated heterocycles. The third-order valence-electron chi connectivity index (χ3n) is 5.04. The van der Waals surface area contributed by atoms with E-state index in [4.69, 9.17) is 4.74 Å². The first kappa shape index (κ1) is 15.5. The maximum atomic E-state index is 12.8. The zero-order valence-corrected chi connectivity index (χ0v) is 13.6. The van der Waals surface area contributed by atoms with E-state index in [1.807, 2.05) is 36.1 Å². The first-order valence-corrected chi connectivity index (χ1v) is 8.38. The maximum absolute atomic E-state index is 12.8. The van der Waals surface area contributed by atoms with Crippen LogP contribution in [0.15, 0.2) is 24.3 Å². The molecule has 3 rings (SSSR count). The third-order valence-corrected chi connectivity index (χ3v) is 5.04. The van der Waals surface area contributed by atoms with Gasteiger partial charge in [0.2, 0.25) is 0 Å². The van der Waals surface area contributed by atoms with Crippen LogP contribution in [-0.2, 0) is 4.74 Å². The minimum absolute atomic E-state index is 0.150. The highest BCUT2D eigenvalue weighted by Gasteiger charge is 2.35. The number of aryl methyl sites for hydroxylation is 1. The molecule has 4 heteroatoms. The zero-order chi connectivity index (χ0) is 15.5. The van der Waals surface area contributed by atoms with Crippen molar-refractivity contribution >= 4 is 5.91 Å². The molecule has 0 N–H and O–H groups in total. The molecule has 120 valence electrons. The van der Waals surface area contributed by atoms with Crippen molar-refractivity contribution in [2.75, 3.05) is 39.3 Å². The standard InChI is InChI=1S/C18H26N2O2/c1-3-19-10-11-22-17-13-20(9-8-15(17)12-19)18(21)16-7-5-4-6-14(16)2/h4-7,15,17H,3,8-13H2,1-2H3/t15-,17-/m1/s1. The number of likely N-dealkylation sites (tertiary alicyclic amines) is 1. The molecule has 0 saturated carbocycles. The quantitative estimate of drug-likeness (QED) is 0.839. The summed E-state index contributed by atoms with van der Waals surface area (Å²) in [7, 11) is 0. The summed E-state index contributed by atoms with van der Waals surface area (Å²) < 4.78 is 6.05. The lowest BCUT2D eigenvalue weighted by molar-refractivity contribution is -0.0171. The Morgan fingerprint density at radius 2 is 2.09 bits per heavy atom. The van der Waals surface area contributed by atoms with Crippen molar-refractivity contribution in [3.8, 4) is 0 Å². The normalized spacial score (nSPS) is 26.4. The fraction of sp³-hybridized carbons (Fsp3) is 0.611. The van der Waals surface area contributed by atoms with E-state index in [-0.39, 0.29) is 12.0 Å². The molecule has 4 nitrogen and oxygen atoms in total. The molecule has 1 aromatic carbocycles. The summed E-state index contributed by atoms with van der Waals surface area (Å²) in [4.78, 5) is 17.2. The lowest BCUT2D eigenvalue weighted by Gasteiger charge is -2.38. The SMILES string of the molecule is CCN1CCO[C@@H]2CN(C(=O)c3ccccc3C)CC[C@@H]2C1. The molecule has 0 aromatic heterocycles. The van der Waals surface area contributed by atoms with Gasteiger partial charge in [-0.25, -0.2) is 0 Å². The molecule has 0 spiro atoms. The van der Waals surface area contributed by atoms with E-state index in [1.54, 1.807) is 0 Å². The minimum Gasteiger partial charge on any atom is -0.375 e. The van der Waals surface area contributed by atoms with Crippen LogP contribution in [0.25, 0.3) is 0 Å². The van der Waals surface area contributed by atoms with Crippen LogP contribution in [0.5, 0.6) is 0 Å². The van der Waals surface area contributed by atoms with Crippen molar-refractivity contribution in [2.45, 2.75) is 26.4 Å². The fourth-order valence-electron chi connectivity index (χ4n) is 3.57. The van der Waals surface area contributed by atoms with Gasteiger partial charge in [0, 0.05) is 37.7 Å². The number of carbonyl (C=O) groups is 1. The van der Waals surface area contributed by atoms with E-state index in [1.165, 1.54) is 0 Å². The van der Waals surface area contributed by atoms with Crippen LogP contribution in [0.1, 0.15) is 29.3 Å². The maximum Gasteiger partial charge on any atom is 0.254 e. The van der Waals surface area contributed by atoms with Gasteiger partial charge in [0.15, 0.2) is 0 Å². The van der Waals surface area contributed by atoms with Crippen LogP contribution >= 0.6 is 0 Å². The van der Waals surface area contributed by atoms with E-state index < -0.39 is 0 Å². The van der Waals surface area contributed by atoms with Crippen molar-refractivity contribution < 1.29 is 9.53 Å². The Balaban J connectivity index is 1.69. The van der Waals surface area contributed by atoms with Crippen molar-refractivity contribution in [1.29, 1.82) is 0 Å². The van der Waals surface area contributed by atoms with Crippen molar-refractivity contribution in [2.24, 2.45) is 5.92 Å². The monoisotopic (exact) mass is 302 g/mol. The molecule has 2 aliphatic heterocycles. The van der Waals surface area contributed by atoms with Gasteiger partial charge in [-0.1, -0.05) is 25.1 Å². The highest BCUT2D eigenvalue weighted by molar-refractivity contribution is 5.95. The summed E-state index contributed by atoms with van der Waals surface area (Å²) in [5, 5.41) is 0. The molecule has 0 radical (unpaired) electrons. The second-order valence-electron chi connectivity index (χ2n) is 6.42. The largest absolute Gasteiger partial charge is 0.375 e. The summed E-state index contributed by atoms with van der Waals surface area (Å²) in [6.45, 7) is 9.76. The Labute approximate surface area is 133 Å². The molecular formula is C18H26N2O2. The molecule has 22 heavy (non-hydrogen) atoms. The lowest BCUT2D eigenvalue weighted by Crippen LogP contribution is -2.49. The zero-order valence-electron chi connectivity index (χ0n) is 13.6. The van der Waals surface area contributed by atoms with Crippen molar-refractivity contribution in [1.82, 2.24) is 9.80 Å². The first-order chi connectivity index (χ1) is 10.7. The second kappa shape index (κ2) is 6.80. The van der Waals surface area contributed by atoms with Gasteiger partial charge in [-0.2, -0.15) is 0 Å². The molecule has 0 aliphatic carbocycles. The molecule has 2 fully saturated rings. The minimum atomic E-state index is 0.150. The summed E-state index contributed by atoms with van der Waals surface area (Å²) in [6, 6.07) is 7.85. The molecular weight excluding hydrogens is 276 g/mol. The highest BCUT2D eigenvalue weighted by atomic mass is 16.5. The van der Waals surface area contributed by atoms with Gasteiger partial charge in [0.05, 0.1) is 12.7 Å². The molecule has 2 heterocycles. The van der Waals surface area contributed by atoms with Crippen LogP contribution in [0.3, 0.4) is 0 Å². The molecule has 0 bridgehead atoms. The third kappa shape index (κ3) is 3.18. The lowest BCUT2D eigenvalue weighted by atomic mass is 9.92. The molecule has 1 aromatic rings. The first-order valence-electron chi connectivity index (χ1n) is 8.38. The van der Waals surface area contributed by atoms with Crippen molar-refractivity contribution in [3.05, 3.63) is 35.4 Å². The summed E-state index contributed by atoms with van der Waals surface area (Å²) in [6.07, 6.45) is 1.23. The number of benzene rings is 1. The molecule has 0 unspecified atom stereocenters. The van der Waals surface area contributed by atoms with Crippen LogP contribution < -0.4 is 0 Å². The molecule has 2 aliphatic rings.